The molecule has 0 nitrogen and oxygen atoms in total. The maximum atomic E-state index is 5.87. The van der Waals surface area contributed by atoms with Crippen molar-refractivity contribution in [3.05, 3.63) is 81.2 Å². The van der Waals surface area contributed by atoms with Gasteiger partial charge in [-0.2, -0.15) is 11.3 Å². The van der Waals surface area contributed by atoms with E-state index in [2.05, 4.69) is 42.5 Å². The van der Waals surface area contributed by atoms with Crippen molar-refractivity contribution in [2.45, 2.75) is 38.5 Å². The normalized spacial score (nSPS) is 20.8. The van der Waals surface area contributed by atoms with E-state index >= 15 is 0 Å². The van der Waals surface area contributed by atoms with E-state index in [-0.39, 0.29) is 0 Å². The summed E-state index contributed by atoms with van der Waals surface area (Å²) >= 11 is 1.68. The van der Waals surface area contributed by atoms with Crippen LogP contribution in [-0.4, -0.2) is 15.7 Å². The zero-order valence-electron chi connectivity index (χ0n) is 14.4. The number of hydrogen-bond acceptors (Lipinski definition) is 1. The van der Waals surface area contributed by atoms with Crippen molar-refractivity contribution in [1.82, 2.24) is 0 Å². The summed E-state index contributed by atoms with van der Waals surface area (Å²) in [6.45, 7) is 0. The van der Waals surface area contributed by atoms with E-state index in [9.17, 15) is 0 Å². The van der Waals surface area contributed by atoms with E-state index < -0.39 is 0 Å². The first-order valence-corrected chi connectivity index (χ1v) is 9.82. The smallest absolute Gasteiger partial charge is 0.128 e. The van der Waals surface area contributed by atoms with Crippen molar-refractivity contribution in [3.8, 4) is 0 Å². The second-order valence-electron chi connectivity index (χ2n) is 6.90. The molecule has 0 saturated carbocycles. The highest BCUT2D eigenvalue weighted by Crippen LogP contribution is 2.36. The summed E-state index contributed by atoms with van der Waals surface area (Å²) in [6, 6.07) is 4.14. The molecule has 1 heterocycles. The molecule has 0 aliphatic heterocycles. The second-order valence-corrected chi connectivity index (χ2v) is 8.02. The van der Waals surface area contributed by atoms with E-state index in [4.69, 9.17) is 15.7 Å². The van der Waals surface area contributed by atoms with Crippen molar-refractivity contribution in [3.63, 3.8) is 0 Å². The number of thiophene rings is 1. The van der Waals surface area contributed by atoms with Crippen LogP contribution in [0.25, 0.3) is 5.57 Å². The van der Waals surface area contributed by atoms with Gasteiger partial charge < -0.3 is 0 Å². The molecule has 0 spiro atoms. The van der Waals surface area contributed by atoms with Crippen molar-refractivity contribution >= 4 is 37.4 Å². The third-order valence-corrected chi connectivity index (χ3v) is 6.24. The average molecular weight is 338 g/mol. The Morgan fingerprint density at radius 3 is 1.44 bits per heavy atom. The Balaban J connectivity index is 1.50. The largest absolute Gasteiger partial charge is 0.152 e. The Bertz CT molecular complexity index is 872. The first-order valence-electron chi connectivity index (χ1n) is 9.00. The molecule has 1 aromatic heterocycles. The molecule has 0 N–H and O–H groups in total. The van der Waals surface area contributed by atoms with Crippen LogP contribution in [0.15, 0.2) is 76.4 Å². The molecule has 3 heteroatoms. The van der Waals surface area contributed by atoms with Crippen molar-refractivity contribution < 1.29 is 0 Å². The van der Waals surface area contributed by atoms with Gasteiger partial charge in [-0.1, -0.05) is 42.5 Å². The molecule has 0 aromatic carbocycles. The Hall–Kier alpha value is -1.73. The summed E-state index contributed by atoms with van der Waals surface area (Å²) in [4.78, 5) is 1.31. The van der Waals surface area contributed by atoms with Crippen LogP contribution in [0.3, 0.4) is 0 Å². The summed E-state index contributed by atoms with van der Waals surface area (Å²) in [5, 5.41) is 0. The molecule has 0 unspecified atom stereocenters. The molecule has 0 bridgehead atoms. The molecule has 0 fully saturated rings. The molecule has 0 atom stereocenters. The van der Waals surface area contributed by atoms with Gasteiger partial charge in [0.1, 0.15) is 15.7 Å². The van der Waals surface area contributed by atoms with E-state index in [0.717, 1.165) is 48.8 Å². The predicted octanol–water partition coefficient (Wildman–Crippen LogP) is 5.06. The van der Waals surface area contributed by atoms with Gasteiger partial charge in [-0.25, -0.2) is 0 Å². The van der Waals surface area contributed by atoms with Crippen LogP contribution in [-0.2, 0) is 0 Å². The third kappa shape index (κ3) is 3.77. The molecule has 4 rings (SSSR count). The summed E-state index contributed by atoms with van der Waals surface area (Å²) in [5.41, 5.74) is 8.34. The Kier molecular flexibility index (Phi) is 4.85. The Morgan fingerprint density at radius 2 is 1.04 bits per heavy atom. The minimum Gasteiger partial charge on any atom is -0.152 e. The van der Waals surface area contributed by atoms with E-state index in [1.54, 1.807) is 11.3 Å². The van der Waals surface area contributed by atoms with Gasteiger partial charge in [0, 0.05) is 4.88 Å². The van der Waals surface area contributed by atoms with Gasteiger partial charge in [-0.15, -0.1) is 5.47 Å². The summed E-state index contributed by atoms with van der Waals surface area (Å²) in [7, 11) is 11.7. The number of rotatable bonds is 3. The zero-order valence-corrected chi connectivity index (χ0v) is 15.2. The molecule has 0 amide bonds. The molecule has 3 aliphatic carbocycles. The number of hydrogen-bond donors (Lipinski definition) is 0. The maximum absolute atomic E-state index is 5.87. The van der Waals surface area contributed by atoms with Gasteiger partial charge in [-0.05, 0) is 77.2 Å². The van der Waals surface area contributed by atoms with Gasteiger partial charge in [0.2, 0.25) is 0 Å². The minimum atomic E-state index is 0.895. The fourth-order valence-electron chi connectivity index (χ4n) is 3.73. The van der Waals surface area contributed by atoms with Crippen LogP contribution in [0.5, 0.6) is 0 Å². The molecular weight excluding hydrogens is 318 g/mol. The average Bonchev–Trinajstić information content (AvgIpc) is 3.09. The molecule has 4 radical (unpaired) electrons. The Labute approximate surface area is 157 Å². The maximum Gasteiger partial charge on any atom is 0.128 e. The number of allylic oxidation sites excluding steroid dienone is 12. The van der Waals surface area contributed by atoms with Gasteiger partial charge in [0.05, 0.1) is 0 Å². The monoisotopic (exact) mass is 338 g/mol. The highest BCUT2D eigenvalue weighted by atomic mass is 32.1. The van der Waals surface area contributed by atoms with E-state index in [1.165, 1.54) is 32.7 Å². The fraction of sp³-hybridized carbons (Fsp3) is 0.273. The van der Waals surface area contributed by atoms with Crippen molar-refractivity contribution in [2.75, 3.05) is 0 Å². The predicted molar refractivity (Wildman–Crippen MR) is 112 cm³/mol. The van der Waals surface area contributed by atoms with Crippen molar-refractivity contribution in [2.24, 2.45) is 0 Å². The molecule has 3 aliphatic rings. The van der Waals surface area contributed by atoms with Gasteiger partial charge in [0.15, 0.2) is 0 Å². The SMILES string of the molecule is [B]C1=CC=C(C2=CC=C(C3=CC=C(c4ccc([B])s4)CC3)CC2)CC1. The topological polar surface area (TPSA) is 0 Å². The summed E-state index contributed by atoms with van der Waals surface area (Å²) < 4.78 is 0.895. The van der Waals surface area contributed by atoms with Gasteiger partial charge in [-0.3, -0.25) is 0 Å². The van der Waals surface area contributed by atoms with Gasteiger partial charge in [0.25, 0.3) is 0 Å². The van der Waals surface area contributed by atoms with E-state index in [1.807, 2.05) is 6.07 Å². The molecule has 120 valence electrons. The lowest BCUT2D eigenvalue weighted by atomic mass is 9.80. The van der Waals surface area contributed by atoms with Crippen LogP contribution in [0, 0.1) is 0 Å². The van der Waals surface area contributed by atoms with Crippen LogP contribution in [0.2, 0.25) is 0 Å². The molecule has 25 heavy (non-hydrogen) atoms. The highest BCUT2D eigenvalue weighted by Gasteiger charge is 2.16. The van der Waals surface area contributed by atoms with Crippen molar-refractivity contribution in [1.29, 1.82) is 0 Å². The zero-order chi connectivity index (χ0) is 17.2. The first-order chi connectivity index (χ1) is 12.2. The standard InChI is InChI=1S/C22H20B2S/c23-20-11-9-18(10-12-20)16-3-1-15(2-4-16)17-5-7-19(8-6-17)21-13-14-22(24)25-21/h1,3,5,7,9,11,13-14H,2,4,6,8,10,12H2. The second kappa shape index (κ2) is 7.25. The third-order valence-electron chi connectivity index (χ3n) is 5.25. The minimum absolute atomic E-state index is 0.895. The summed E-state index contributed by atoms with van der Waals surface area (Å²) in [6.07, 6.45) is 20.1. The van der Waals surface area contributed by atoms with Crippen LogP contribution >= 0.6 is 11.3 Å². The van der Waals surface area contributed by atoms with Gasteiger partial charge >= 0.3 is 0 Å². The lowest BCUT2D eigenvalue weighted by molar-refractivity contribution is 0.851. The van der Waals surface area contributed by atoms with Crippen LogP contribution in [0.4, 0.5) is 0 Å². The summed E-state index contributed by atoms with van der Waals surface area (Å²) in [5.74, 6) is 0. The fourth-order valence-corrected chi connectivity index (χ4v) is 4.56. The van der Waals surface area contributed by atoms with Crippen LogP contribution < -0.4 is 4.78 Å². The lowest BCUT2D eigenvalue weighted by Crippen LogP contribution is -2.03. The first kappa shape index (κ1) is 16.7. The van der Waals surface area contributed by atoms with Crippen LogP contribution in [0.1, 0.15) is 43.4 Å². The lowest BCUT2D eigenvalue weighted by Gasteiger charge is -2.22. The molecular formula is C22H20B2S. The Morgan fingerprint density at radius 1 is 0.560 bits per heavy atom. The molecule has 1 aromatic rings. The van der Waals surface area contributed by atoms with E-state index in [0.29, 0.717) is 0 Å². The molecule has 0 saturated heterocycles. The highest BCUT2D eigenvalue weighted by molar-refractivity contribution is 7.20. The quantitative estimate of drug-likeness (QED) is 0.676.